The van der Waals surface area contributed by atoms with E-state index in [4.69, 9.17) is 5.73 Å². The van der Waals surface area contributed by atoms with E-state index < -0.39 is 17.9 Å². The van der Waals surface area contributed by atoms with Crippen molar-refractivity contribution in [3.63, 3.8) is 0 Å². The largest absolute Gasteiger partial charge is 0.480 e. The molecule has 1 unspecified atom stereocenters. The number of rotatable bonds is 5. The Morgan fingerprint density at radius 3 is 2.48 bits per heavy atom. The number of nitrogens with two attached hydrogens (primary N) is 1. The van der Waals surface area contributed by atoms with E-state index in [-0.39, 0.29) is 5.92 Å². The molecule has 21 heavy (non-hydrogen) atoms. The fraction of sp³-hybridized carbons (Fsp3) is 0.500. The lowest BCUT2D eigenvalue weighted by molar-refractivity contribution is -0.139. The summed E-state index contributed by atoms with van der Waals surface area (Å²) >= 11 is 0. The summed E-state index contributed by atoms with van der Waals surface area (Å²) in [4.78, 5) is 22.7. The van der Waals surface area contributed by atoms with Crippen LogP contribution in [0.15, 0.2) is 18.2 Å². The second kappa shape index (κ2) is 6.61. The average Bonchev–Trinajstić information content (AvgIpc) is 2.45. The molecule has 2 rings (SSSR count). The topological polar surface area (TPSA) is 92.4 Å². The highest BCUT2D eigenvalue weighted by molar-refractivity contribution is 5.94. The van der Waals surface area contributed by atoms with Crippen LogP contribution in [0, 0.1) is 12.8 Å². The first-order chi connectivity index (χ1) is 9.99. The number of carbonyl (C=O) groups excluding carboxylic acids is 1. The van der Waals surface area contributed by atoms with Gasteiger partial charge in [-0.15, -0.1) is 0 Å². The fourth-order valence-corrected chi connectivity index (χ4v) is 3.06. The number of carbonyl (C=O) groups is 2. The van der Waals surface area contributed by atoms with Gasteiger partial charge in [-0.1, -0.05) is 19.3 Å². The van der Waals surface area contributed by atoms with Crippen molar-refractivity contribution in [3.8, 4) is 0 Å². The highest BCUT2D eigenvalue weighted by Gasteiger charge is 2.29. The number of amides is 1. The molecule has 5 heteroatoms. The first-order valence-electron chi connectivity index (χ1n) is 7.39. The SMILES string of the molecule is Cc1cc(NC(C(=O)O)C2CCCCC2)ccc1C(N)=O. The lowest BCUT2D eigenvalue weighted by Gasteiger charge is -2.28. The minimum atomic E-state index is -0.821. The summed E-state index contributed by atoms with van der Waals surface area (Å²) < 4.78 is 0. The molecule has 1 fully saturated rings. The molecule has 4 N–H and O–H groups in total. The van der Waals surface area contributed by atoms with Crippen LogP contribution >= 0.6 is 0 Å². The zero-order chi connectivity index (χ0) is 15.4. The van der Waals surface area contributed by atoms with Crippen LogP contribution in [0.25, 0.3) is 0 Å². The van der Waals surface area contributed by atoms with Crippen molar-refractivity contribution in [2.24, 2.45) is 11.7 Å². The van der Waals surface area contributed by atoms with Gasteiger partial charge in [-0.25, -0.2) is 4.79 Å². The summed E-state index contributed by atoms with van der Waals surface area (Å²) in [5.74, 6) is -1.13. The molecule has 1 aromatic rings. The van der Waals surface area contributed by atoms with Gasteiger partial charge < -0.3 is 16.2 Å². The summed E-state index contributed by atoms with van der Waals surface area (Å²) in [6.45, 7) is 1.79. The zero-order valence-corrected chi connectivity index (χ0v) is 12.3. The molecular weight excluding hydrogens is 268 g/mol. The molecule has 114 valence electrons. The molecule has 5 nitrogen and oxygen atoms in total. The van der Waals surface area contributed by atoms with Gasteiger partial charge in [0, 0.05) is 11.3 Å². The van der Waals surface area contributed by atoms with Gasteiger partial charge in [-0.05, 0) is 49.4 Å². The van der Waals surface area contributed by atoms with Crippen molar-refractivity contribution in [1.29, 1.82) is 0 Å². The van der Waals surface area contributed by atoms with Gasteiger partial charge in [0.2, 0.25) is 5.91 Å². The molecule has 1 aliphatic rings. The third kappa shape index (κ3) is 3.74. The minimum absolute atomic E-state index is 0.160. The van der Waals surface area contributed by atoms with Gasteiger partial charge in [-0.2, -0.15) is 0 Å². The standard InChI is InChI=1S/C16H22N2O3/c1-10-9-12(7-8-13(10)15(17)19)18-14(16(20)21)11-5-3-2-4-6-11/h7-9,11,14,18H,2-6H2,1H3,(H2,17,19)(H,20,21). The predicted molar refractivity (Wildman–Crippen MR) is 81.3 cm³/mol. The number of anilines is 1. The van der Waals surface area contributed by atoms with E-state index in [0.29, 0.717) is 5.56 Å². The van der Waals surface area contributed by atoms with E-state index in [9.17, 15) is 14.7 Å². The van der Waals surface area contributed by atoms with Crippen molar-refractivity contribution < 1.29 is 14.7 Å². The smallest absolute Gasteiger partial charge is 0.326 e. The van der Waals surface area contributed by atoms with Crippen LogP contribution in [0.5, 0.6) is 0 Å². The zero-order valence-electron chi connectivity index (χ0n) is 12.3. The Bertz CT molecular complexity index is 536. The first kappa shape index (κ1) is 15.4. The van der Waals surface area contributed by atoms with Crippen LogP contribution in [0.1, 0.15) is 48.0 Å². The van der Waals surface area contributed by atoms with Crippen LogP contribution in [-0.2, 0) is 4.79 Å². The van der Waals surface area contributed by atoms with Gasteiger partial charge in [0.05, 0.1) is 0 Å². The summed E-state index contributed by atoms with van der Waals surface area (Å²) in [5.41, 5.74) is 7.21. The molecule has 1 aromatic carbocycles. The molecule has 0 aliphatic heterocycles. The van der Waals surface area contributed by atoms with Crippen LogP contribution in [0.4, 0.5) is 5.69 Å². The Morgan fingerprint density at radius 2 is 1.95 bits per heavy atom. The number of primary amides is 1. The molecule has 1 aliphatic carbocycles. The highest BCUT2D eigenvalue weighted by Crippen LogP contribution is 2.28. The third-order valence-electron chi connectivity index (χ3n) is 4.20. The molecule has 0 spiro atoms. The molecule has 1 atom stereocenters. The monoisotopic (exact) mass is 290 g/mol. The number of carboxylic acid groups (broad SMARTS) is 1. The van der Waals surface area contributed by atoms with E-state index >= 15 is 0 Å². The Hall–Kier alpha value is -2.04. The molecule has 0 bridgehead atoms. The van der Waals surface area contributed by atoms with Gasteiger partial charge in [-0.3, -0.25) is 4.79 Å². The van der Waals surface area contributed by atoms with E-state index in [1.165, 1.54) is 6.42 Å². The molecular formula is C16H22N2O3. The van der Waals surface area contributed by atoms with E-state index in [0.717, 1.165) is 36.9 Å². The lowest BCUT2D eigenvalue weighted by atomic mass is 9.83. The maximum absolute atomic E-state index is 11.5. The normalized spacial score (nSPS) is 17.2. The van der Waals surface area contributed by atoms with E-state index in [2.05, 4.69) is 5.32 Å². The highest BCUT2D eigenvalue weighted by atomic mass is 16.4. The number of aryl methyl sites for hydroxylation is 1. The number of hydrogen-bond acceptors (Lipinski definition) is 3. The van der Waals surface area contributed by atoms with Crippen molar-refractivity contribution >= 4 is 17.6 Å². The summed E-state index contributed by atoms with van der Waals surface area (Å²) in [7, 11) is 0. The molecule has 1 saturated carbocycles. The summed E-state index contributed by atoms with van der Waals surface area (Å²) in [6, 6.07) is 4.55. The van der Waals surface area contributed by atoms with E-state index in [1.807, 2.05) is 0 Å². The van der Waals surface area contributed by atoms with Crippen molar-refractivity contribution in [2.75, 3.05) is 5.32 Å². The summed E-state index contributed by atoms with van der Waals surface area (Å²) in [6.07, 6.45) is 5.27. The van der Waals surface area contributed by atoms with Gasteiger partial charge in [0.1, 0.15) is 6.04 Å². The van der Waals surface area contributed by atoms with Crippen LogP contribution in [0.2, 0.25) is 0 Å². The molecule has 0 aromatic heterocycles. The quantitative estimate of drug-likeness (QED) is 0.777. The Balaban J connectivity index is 2.15. The minimum Gasteiger partial charge on any atom is -0.480 e. The van der Waals surface area contributed by atoms with Crippen LogP contribution in [-0.4, -0.2) is 23.0 Å². The molecule has 0 saturated heterocycles. The maximum atomic E-state index is 11.5. The van der Waals surface area contributed by atoms with Gasteiger partial charge in [0.15, 0.2) is 0 Å². The van der Waals surface area contributed by atoms with Gasteiger partial charge in [0.25, 0.3) is 0 Å². The Kier molecular flexibility index (Phi) is 4.83. The van der Waals surface area contributed by atoms with Crippen molar-refractivity contribution in [1.82, 2.24) is 0 Å². The first-order valence-corrected chi connectivity index (χ1v) is 7.39. The number of hydrogen-bond donors (Lipinski definition) is 3. The number of benzene rings is 1. The van der Waals surface area contributed by atoms with Crippen LogP contribution < -0.4 is 11.1 Å². The third-order valence-corrected chi connectivity index (χ3v) is 4.20. The second-order valence-corrected chi connectivity index (χ2v) is 5.75. The van der Waals surface area contributed by atoms with E-state index in [1.54, 1.807) is 25.1 Å². The summed E-state index contributed by atoms with van der Waals surface area (Å²) in [5, 5.41) is 12.6. The second-order valence-electron chi connectivity index (χ2n) is 5.75. The maximum Gasteiger partial charge on any atom is 0.326 e. The van der Waals surface area contributed by atoms with Crippen LogP contribution in [0.3, 0.4) is 0 Å². The van der Waals surface area contributed by atoms with Crippen molar-refractivity contribution in [3.05, 3.63) is 29.3 Å². The predicted octanol–water partition coefficient (Wildman–Crippen LogP) is 2.54. The van der Waals surface area contributed by atoms with Gasteiger partial charge >= 0.3 is 5.97 Å². The number of nitrogens with one attached hydrogen (secondary N) is 1. The Labute approximate surface area is 124 Å². The molecule has 0 heterocycles. The average molecular weight is 290 g/mol. The lowest BCUT2D eigenvalue weighted by Crippen LogP contribution is -2.38. The molecule has 1 amide bonds. The molecule has 0 radical (unpaired) electrons. The number of carboxylic acids is 1. The Morgan fingerprint density at radius 1 is 1.29 bits per heavy atom. The van der Waals surface area contributed by atoms with Crippen molar-refractivity contribution in [2.45, 2.75) is 45.1 Å². The fourth-order valence-electron chi connectivity index (χ4n) is 3.06. The number of aliphatic carboxylic acids is 1.